The van der Waals surface area contributed by atoms with Gasteiger partial charge in [-0.1, -0.05) is 44.9 Å². The fourth-order valence-electron chi connectivity index (χ4n) is 3.53. The predicted molar refractivity (Wildman–Crippen MR) is 132 cm³/mol. The minimum Gasteiger partial charge on any atom is -0.478 e. The first kappa shape index (κ1) is 28.1. The van der Waals surface area contributed by atoms with Crippen LogP contribution in [0.4, 0.5) is 13.6 Å². The van der Waals surface area contributed by atoms with Crippen LogP contribution in [0.2, 0.25) is 0 Å². The van der Waals surface area contributed by atoms with Crippen LogP contribution in [0.25, 0.3) is 0 Å². The smallest absolute Gasteiger partial charge is 0.347 e. The van der Waals surface area contributed by atoms with Gasteiger partial charge in [-0.25, -0.2) is 18.4 Å². The van der Waals surface area contributed by atoms with E-state index in [0.29, 0.717) is 37.2 Å². The van der Waals surface area contributed by atoms with Gasteiger partial charge in [-0.15, -0.1) is 0 Å². The fourth-order valence-corrected chi connectivity index (χ4v) is 3.53. The van der Waals surface area contributed by atoms with Crippen LogP contribution in [0.15, 0.2) is 42.5 Å². The van der Waals surface area contributed by atoms with Gasteiger partial charge >= 0.3 is 12.0 Å². The number of carboxylic acid groups (broad SMARTS) is 1. The lowest BCUT2D eigenvalue weighted by atomic mass is 10.0. The minimum absolute atomic E-state index is 0.236. The topological polar surface area (TPSA) is 78.9 Å². The number of urea groups is 1. The first-order chi connectivity index (χ1) is 16.7. The van der Waals surface area contributed by atoms with Crippen molar-refractivity contribution in [2.75, 3.05) is 19.6 Å². The van der Waals surface area contributed by atoms with Gasteiger partial charge in [0.15, 0.2) is 0 Å². The Morgan fingerprint density at radius 3 is 2.46 bits per heavy atom. The highest BCUT2D eigenvalue weighted by Gasteiger charge is 2.33. The Bertz CT molecular complexity index is 985. The third-order valence-corrected chi connectivity index (χ3v) is 6.05. The van der Waals surface area contributed by atoms with Crippen molar-refractivity contribution in [3.63, 3.8) is 0 Å². The predicted octanol–water partition coefficient (Wildman–Crippen LogP) is 5.58. The first-order valence-corrected chi connectivity index (χ1v) is 12.2. The Kier molecular flexibility index (Phi) is 11.0. The second kappa shape index (κ2) is 13.7. The number of carboxylic acids is 1. The molecule has 1 unspecified atom stereocenters. The normalized spacial score (nSPS) is 12.6. The molecule has 2 amide bonds. The van der Waals surface area contributed by atoms with Crippen molar-refractivity contribution in [1.29, 1.82) is 0 Å². The van der Waals surface area contributed by atoms with Crippen molar-refractivity contribution in [2.45, 2.75) is 64.9 Å². The number of rotatable bonds is 14. The van der Waals surface area contributed by atoms with Gasteiger partial charge in [0.1, 0.15) is 17.4 Å². The van der Waals surface area contributed by atoms with Gasteiger partial charge in [0, 0.05) is 25.7 Å². The van der Waals surface area contributed by atoms with E-state index in [2.05, 4.69) is 12.2 Å². The number of carbonyl (C=O) groups is 2. The highest BCUT2D eigenvalue weighted by Crippen LogP contribution is 2.23. The summed E-state index contributed by atoms with van der Waals surface area (Å²) >= 11 is 0. The standard InChI is InChI=1S/C27H36F2N2O4/c1-4-6-7-15-30-26(34)31(17-14-21-11-12-22(28)19-24(21)29)16-13-20-9-8-10-23(18-20)35-27(3,5-2)25(32)33/h8-12,18-19H,4-7,13-17H2,1-3H3,(H,30,34)(H,32,33). The van der Waals surface area contributed by atoms with Crippen molar-refractivity contribution in [3.8, 4) is 5.75 Å². The molecule has 0 aliphatic heterocycles. The summed E-state index contributed by atoms with van der Waals surface area (Å²) < 4.78 is 33.1. The molecule has 35 heavy (non-hydrogen) atoms. The van der Waals surface area contributed by atoms with Crippen molar-refractivity contribution < 1.29 is 28.2 Å². The van der Waals surface area contributed by atoms with Crippen molar-refractivity contribution in [2.24, 2.45) is 0 Å². The number of nitrogens with zero attached hydrogens (tertiary/aromatic N) is 1. The molecule has 2 N–H and O–H groups in total. The maximum atomic E-state index is 14.1. The zero-order valence-corrected chi connectivity index (χ0v) is 20.8. The highest BCUT2D eigenvalue weighted by molar-refractivity contribution is 5.77. The van der Waals surface area contributed by atoms with Crippen molar-refractivity contribution >= 4 is 12.0 Å². The fraction of sp³-hybridized carbons (Fsp3) is 0.481. The van der Waals surface area contributed by atoms with Crippen LogP contribution < -0.4 is 10.1 Å². The lowest BCUT2D eigenvalue weighted by Gasteiger charge is -2.25. The van der Waals surface area contributed by atoms with Gasteiger partial charge < -0.3 is 20.1 Å². The van der Waals surface area contributed by atoms with Crippen LogP contribution in [-0.4, -0.2) is 47.2 Å². The molecular weight excluding hydrogens is 454 g/mol. The Labute approximate surface area is 206 Å². The first-order valence-electron chi connectivity index (χ1n) is 12.2. The summed E-state index contributed by atoms with van der Waals surface area (Å²) in [5.41, 5.74) is -0.108. The summed E-state index contributed by atoms with van der Waals surface area (Å²) in [4.78, 5) is 26.0. The quantitative estimate of drug-likeness (QED) is 0.339. The largest absolute Gasteiger partial charge is 0.478 e. The SMILES string of the molecule is CCCCCNC(=O)N(CCc1cccc(OC(C)(CC)C(=O)O)c1)CCc1ccc(F)cc1F. The number of nitrogens with one attached hydrogen (secondary N) is 1. The summed E-state index contributed by atoms with van der Waals surface area (Å²) in [5.74, 6) is -1.86. The van der Waals surface area contributed by atoms with E-state index in [1.165, 1.54) is 19.1 Å². The zero-order valence-electron chi connectivity index (χ0n) is 20.8. The highest BCUT2D eigenvalue weighted by atomic mass is 19.1. The van der Waals surface area contributed by atoms with E-state index in [-0.39, 0.29) is 19.0 Å². The lowest BCUT2D eigenvalue weighted by Crippen LogP contribution is -2.42. The molecule has 0 aliphatic rings. The minimum atomic E-state index is -1.33. The maximum Gasteiger partial charge on any atom is 0.347 e. The second-order valence-corrected chi connectivity index (χ2v) is 8.80. The number of benzene rings is 2. The van der Waals surface area contributed by atoms with Crippen LogP contribution in [0.3, 0.4) is 0 Å². The van der Waals surface area contributed by atoms with Crippen LogP contribution in [0, 0.1) is 11.6 Å². The number of unbranched alkanes of at least 4 members (excludes halogenated alkanes) is 2. The molecule has 0 saturated carbocycles. The van der Waals surface area contributed by atoms with E-state index >= 15 is 0 Å². The summed E-state index contributed by atoms with van der Waals surface area (Å²) in [6.45, 7) is 6.56. The van der Waals surface area contributed by atoms with Crippen molar-refractivity contribution in [1.82, 2.24) is 10.2 Å². The molecule has 192 valence electrons. The Balaban J connectivity index is 2.08. The molecule has 6 nitrogen and oxygen atoms in total. The van der Waals surface area contributed by atoms with E-state index in [9.17, 15) is 23.5 Å². The van der Waals surface area contributed by atoms with E-state index < -0.39 is 23.2 Å². The van der Waals surface area contributed by atoms with Gasteiger partial charge in [-0.2, -0.15) is 0 Å². The number of carbonyl (C=O) groups excluding carboxylic acids is 1. The number of hydrogen-bond donors (Lipinski definition) is 2. The number of halogens is 2. The van der Waals surface area contributed by atoms with Gasteiger partial charge in [0.25, 0.3) is 0 Å². The van der Waals surface area contributed by atoms with Crippen LogP contribution >= 0.6 is 0 Å². The molecule has 2 aromatic carbocycles. The van der Waals surface area contributed by atoms with E-state index in [4.69, 9.17) is 4.74 Å². The third-order valence-electron chi connectivity index (χ3n) is 6.05. The van der Waals surface area contributed by atoms with Crippen molar-refractivity contribution in [3.05, 3.63) is 65.2 Å². The molecule has 0 fully saturated rings. The molecule has 0 aliphatic carbocycles. The molecule has 0 bridgehead atoms. The Hall–Kier alpha value is -3.16. The molecular formula is C27H36F2N2O4. The number of aliphatic carboxylic acids is 1. The Morgan fingerprint density at radius 1 is 1.06 bits per heavy atom. The maximum absolute atomic E-state index is 14.1. The second-order valence-electron chi connectivity index (χ2n) is 8.80. The summed E-state index contributed by atoms with van der Waals surface area (Å²) in [6.07, 6.45) is 3.99. The molecule has 0 saturated heterocycles. The van der Waals surface area contributed by atoms with E-state index in [1.54, 1.807) is 30.0 Å². The molecule has 8 heteroatoms. The van der Waals surface area contributed by atoms with Crippen LogP contribution in [0.1, 0.15) is 57.6 Å². The molecule has 0 radical (unpaired) electrons. The lowest BCUT2D eigenvalue weighted by molar-refractivity contribution is -0.154. The molecule has 1 atom stereocenters. The van der Waals surface area contributed by atoms with Gasteiger partial charge in [0.2, 0.25) is 5.60 Å². The molecule has 2 rings (SSSR count). The molecule has 0 spiro atoms. The average molecular weight is 491 g/mol. The van der Waals surface area contributed by atoms with Gasteiger partial charge in [-0.05, 0) is 61.9 Å². The summed E-state index contributed by atoms with van der Waals surface area (Å²) in [5, 5.41) is 12.4. The number of hydrogen-bond acceptors (Lipinski definition) is 3. The molecule has 0 heterocycles. The average Bonchev–Trinajstić information content (AvgIpc) is 2.82. The summed E-state index contributed by atoms with van der Waals surface area (Å²) in [7, 11) is 0. The monoisotopic (exact) mass is 490 g/mol. The third kappa shape index (κ3) is 8.85. The number of ether oxygens (including phenoxy) is 1. The van der Waals surface area contributed by atoms with Crippen LogP contribution in [-0.2, 0) is 17.6 Å². The van der Waals surface area contributed by atoms with Gasteiger partial charge in [0.05, 0.1) is 0 Å². The van der Waals surface area contributed by atoms with Crippen LogP contribution in [0.5, 0.6) is 5.75 Å². The van der Waals surface area contributed by atoms with E-state index in [1.807, 2.05) is 6.07 Å². The Morgan fingerprint density at radius 2 is 1.80 bits per heavy atom. The van der Waals surface area contributed by atoms with E-state index in [0.717, 1.165) is 30.9 Å². The van der Waals surface area contributed by atoms with Gasteiger partial charge in [-0.3, -0.25) is 0 Å². The number of amides is 2. The zero-order chi connectivity index (χ0) is 25.8. The molecule has 2 aromatic rings. The molecule has 0 aromatic heterocycles. The summed E-state index contributed by atoms with van der Waals surface area (Å²) in [6, 6.07) is 10.4.